The molecule has 0 atom stereocenters. The second kappa shape index (κ2) is 6.89. The number of hydrogen-bond acceptors (Lipinski definition) is 5. The van der Waals surface area contributed by atoms with Gasteiger partial charge in [0.1, 0.15) is 5.82 Å². The molecule has 0 fully saturated rings. The van der Waals surface area contributed by atoms with E-state index in [9.17, 15) is 9.59 Å². The van der Waals surface area contributed by atoms with Crippen molar-refractivity contribution in [1.29, 1.82) is 0 Å². The van der Waals surface area contributed by atoms with Gasteiger partial charge in [0, 0.05) is 33.9 Å². The summed E-state index contributed by atoms with van der Waals surface area (Å²) in [6, 6.07) is 0. The molecule has 8 nitrogen and oxygen atoms in total. The van der Waals surface area contributed by atoms with Gasteiger partial charge in [0.15, 0.2) is 11.2 Å². The molecule has 1 N–H and O–H groups in total. The van der Waals surface area contributed by atoms with Gasteiger partial charge >= 0.3 is 5.69 Å². The first-order chi connectivity index (χ1) is 10.6. The summed E-state index contributed by atoms with van der Waals surface area (Å²) in [6.07, 6.45) is 0.685. The third-order valence-corrected chi connectivity index (χ3v) is 3.69. The van der Waals surface area contributed by atoms with Crippen molar-refractivity contribution < 1.29 is 4.74 Å². The Morgan fingerprint density at radius 1 is 1.27 bits per heavy atom. The van der Waals surface area contributed by atoms with Crippen LogP contribution in [0.1, 0.15) is 19.2 Å². The van der Waals surface area contributed by atoms with Crippen LogP contribution in [0, 0.1) is 0 Å². The van der Waals surface area contributed by atoms with Crippen LogP contribution in [0.15, 0.2) is 9.59 Å². The van der Waals surface area contributed by atoms with E-state index in [-0.39, 0.29) is 11.2 Å². The van der Waals surface area contributed by atoms with Crippen LogP contribution in [-0.2, 0) is 31.4 Å². The first-order valence-electron chi connectivity index (χ1n) is 7.39. The fourth-order valence-corrected chi connectivity index (χ4v) is 2.60. The lowest BCUT2D eigenvalue weighted by atomic mass is 10.4. The minimum absolute atomic E-state index is 0.306. The number of ether oxygens (including phenoxy) is 1. The molecule has 0 spiro atoms. The molecule has 22 heavy (non-hydrogen) atoms. The SMILES string of the molecule is CCn1c(CNC)nc2c1c(=O)n(C)c(=O)n2CCCOC. The van der Waals surface area contributed by atoms with E-state index in [1.165, 1.54) is 7.05 Å². The van der Waals surface area contributed by atoms with Gasteiger partial charge in [0.05, 0.1) is 6.54 Å². The lowest BCUT2D eigenvalue weighted by molar-refractivity contribution is 0.190. The normalized spacial score (nSPS) is 11.5. The topological polar surface area (TPSA) is 83.1 Å². The van der Waals surface area contributed by atoms with Crippen molar-refractivity contribution in [3.63, 3.8) is 0 Å². The van der Waals surface area contributed by atoms with Crippen LogP contribution in [-0.4, -0.2) is 39.4 Å². The number of nitrogens with one attached hydrogen (secondary N) is 1. The Morgan fingerprint density at radius 3 is 2.59 bits per heavy atom. The van der Waals surface area contributed by atoms with E-state index in [0.29, 0.717) is 43.8 Å². The molecular weight excluding hydrogens is 286 g/mol. The smallest absolute Gasteiger partial charge is 0.332 e. The first kappa shape index (κ1) is 16.4. The van der Waals surface area contributed by atoms with Gasteiger partial charge in [-0.1, -0.05) is 0 Å². The zero-order valence-electron chi connectivity index (χ0n) is 13.5. The molecule has 8 heteroatoms. The molecular formula is C14H23N5O3. The van der Waals surface area contributed by atoms with Crippen LogP contribution >= 0.6 is 0 Å². The average molecular weight is 309 g/mol. The highest BCUT2D eigenvalue weighted by molar-refractivity contribution is 5.71. The number of methoxy groups -OCH3 is 1. The van der Waals surface area contributed by atoms with Crippen LogP contribution in [0.25, 0.3) is 11.2 Å². The van der Waals surface area contributed by atoms with Gasteiger partial charge in [-0.2, -0.15) is 0 Å². The second-order valence-electron chi connectivity index (χ2n) is 5.12. The molecule has 2 heterocycles. The highest BCUT2D eigenvalue weighted by Crippen LogP contribution is 2.12. The van der Waals surface area contributed by atoms with Crippen LogP contribution < -0.4 is 16.6 Å². The zero-order valence-corrected chi connectivity index (χ0v) is 13.5. The number of aryl methyl sites for hydroxylation is 2. The monoisotopic (exact) mass is 309 g/mol. The van der Waals surface area contributed by atoms with Gasteiger partial charge in [-0.25, -0.2) is 9.78 Å². The summed E-state index contributed by atoms with van der Waals surface area (Å²) < 4.78 is 9.60. The fraction of sp³-hybridized carbons (Fsp3) is 0.643. The summed E-state index contributed by atoms with van der Waals surface area (Å²) >= 11 is 0. The molecule has 0 saturated heterocycles. The van der Waals surface area contributed by atoms with Gasteiger partial charge in [-0.3, -0.25) is 13.9 Å². The van der Waals surface area contributed by atoms with Crippen molar-refractivity contribution in [2.75, 3.05) is 20.8 Å². The van der Waals surface area contributed by atoms with Crippen LogP contribution in [0.4, 0.5) is 0 Å². The Kier molecular flexibility index (Phi) is 5.15. The Hall–Kier alpha value is -1.93. The highest BCUT2D eigenvalue weighted by atomic mass is 16.5. The molecule has 0 saturated carbocycles. The van der Waals surface area contributed by atoms with Crippen molar-refractivity contribution in [3.05, 3.63) is 26.7 Å². The second-order valence-corrected chi connectivity index (χ2v) is 5.12. The van der Waals surface area contributed by atoms with Gasteiger partial charge in [0.2, 0.25) is 0 Å². The Morgan fingerprint density at radius 2 is 2.00 bits per heavy atom. The Labute approximate surface area is 128 Å². The van der Waals surface area contributed by atoms with E-state index >= 15 is 0 Å². The predicted octanol–water partition coefficient (Wildman–Crippen LogP) is -0.327. The van der Waals surface area contributed by atoms with Crippen LogP contribution in [0.3, 0.4) is 0 Å². The predicted molar refractivity (Wildman–Crippen MR) is 84.2 cm³/mol. The van der Waals surface area contributed by atoms with Crippen molar-refractivity contribution in [2.24, 2.45) is 7.05 Å². The van der Waals surface area contributed by atoms with Crippen LogP contribution in [0.5, 0.6) is 0 Å². The summed E-state index contributed by atoms with van der Waals surface area (Å²) in [5, 5.41) is 3.04. The zero-order chi connectivity index (χ0) is 16.3. The third-order valence-electron chi connectivity index (χ3n) is 3.69. The molecule has 2 aromatic rings. The number of rotatable bonds is 7. The summed E-state index contributed by atoms with van der Waals surface area (Å²) in [4.78, 5) is 29.4. The summed E-state index contributed by atoms with van der Waals surface area (Å²) in [5.74, 6) is 0.753. The maximum Gasteiger partial charge on any atom is 0.332 e. The number of hydrogen-bond donors (Lipinski definition) is 1. The molecule has 0 aliphatic carbocycles. The molecule has 0 aliphatic heterocycles. The number of imidazole rings is 1. The first-order valence-corrected chi connectivity index (χ1v) is 7.39. The van der Waals surface area contributed by atoms with Crippen molar-refractivity contribution in [2.45, 2.75) is 33.0 Å². The summed E-state index contributed by atoms with van der Waals surface area (Å²) in [7, 11) is 4.95. The van der Waals surface area contributed by atoms with Crippen LogP contribution in [0.2, 0.25) is 0 Å². The lowest BCUT2D eigenvalue weighted by Crippen LogP contribution is -2.39. The maximum atomic E-state index is 12.5. The van der Waals surface area contributed by atoms with Gasteiger partial charge in [-0.05, 0) is 20.4 Å². The van der Waals surface area contributed by atoms with E-state index in [4.69, 9.17) is 4.74 Å². The van der Waals surface area contributed by atoms with E-state index in [1.54, 1.807) is 11.7 Å². The average Bonchev–Trinajstić information content (AvgIpc) is 2.87. The van der Waals surface area contributed by atoms with Gasteiger partial charge < -0.3 is 14.6 Å². The molecule has 0 unspecified atom stereocenters. The molecule has 0 aromatic carbocycles. The minimum atomic E-state index is -0.342. The van der Waals surface area contributed by atoms with Crippen molar-refractivity contribution in [1.82, 2.24) is 24.0 Å². The van der Waals surface area contributed by atoms with E-state index < -0.39 is 0 Å². The molecule has 2 rings (SSSR count). The largest absolute Gasteiger partial charge is 0.385 e. The minimum Gasteiger partial charge on any atom is -0.385 e. The Bertz CT molecular complexity index is 771. The van der Waals surface area contributed by atoms with Gasteiger partial charge in [0.25, 0.3) is 5.56 Å². The quantitative estimate of drug-likeness (QED) is 0.708. The highest BCUT2D eigenvalue weighted by Gasteiger charge is 2.19. The van der Waals surface area contributed by atoms with Crippen molar-refractivity contribution >= 4 is 11.2 Å². The molecule has 0 radical (unpaired) electrons. The standard InChI is InChI=1S/C14H23N5O3/c1-5-18-10(9-15-2)16-12-11(18)13(20)17(3)14(21)19(12)7-6-8-22-4/h15H,5-9H2,1-4H3. The number of fused-ring (bicyclic) bond motifs is 1. The molecule has 0 amide bonds. The number of nitrogens with zero attached hydrogens (tertiary/aromatic N) is 4. The molecule has 122 valence electrons. The lowest BCUT2D eigenvalue weighted by Gasteiger charge is -2.09. The molecule has 0 aliphatic rings. The maximum absolute atomic E-state index is 12.5. The fourth-order valence-electron chi connectivity index (χ4n) is 2.60. The Balaban J connectivity index is 2.73. The third kappa shape index (κ3) is 2.71. The number of aromatic nitrogens is 4. The summed E-state index contributed by atoms with van der Waals surface area (Å²) in [5.41, 5.74) is 0.286. The van der Waals surface area contributed by atoms with E-state index in [1.807, 2.05) is 18.5 Å². The van der Waals surface area contributed by atoms with E-state index in [2.05, 4.69) is 10.3 Å². The summed E-state index contributed by atoms with van der Waals surface area (Å²) in [6.45, 7) is 4.14. The molecule has 0 bridgehead atoms. The van der Waals surface area contributed by atoms with E-state index in [0.717, 1.165) is 10.4 Å². The molecule has 2 aromatic heterocycles. The van der Waals surface area contributed by atoms with Gasteiger partial charge in [-0.15, -0.1) is 0 Å². The van der Waals surface area contributed by atoms with Crippen molar-refractivity contribution in [3.8, 4) is 0 Å².